The molecule has 0 radical (unpaired) electrons. The first-order valence-corrected chi connectivity index (χ1v) is 14.2. The molecule has 0 unspecified atom stereocenters. The molecule has 1 saturated heterocycles. The lowest BCUT2D eigenvalue weighted by atomic mass is 9.90. The number of anilines is 1. The van der Waals surface area contributed by atoms with Crippen molar-refractivity contribution in [2.24, 2.45) is 0 Å². The number of aromatic nitrogens is 2. The molecule has 0 atom stereocenters. The Morgan fingerprint density at radius 3 is 2.59 bits per heavy atom. The number of benzene rings is 3. The summed E-state index contributed by atoms with van der Waals surface area (Å²) in [5.41, 5.74) is 8.24. The summed E-state index contributed by atoms with van der Waals surface area (Å²) in [6.07, 6.45) is 3.00. The third-order valence-electron chi connectivity index (χ3n) is 8.15. The van der Waals surface area contributed by atoms with Crippen LogP contribution in [0.15, 0.2) is 60.7 Å². The van der Waals surface area contributed by atoms with Crippen molar-refractivity contribution in [1.82, 2.24) is 19.8 Å². The highest BCUT2D eigenvalue weighted by Crippen LogP contribution is 2.33. The van der Waals surface area contributed by atoms with Crippen LogP contribution in [0, 0.1) is 6.92 Å². The van der Waals surface area contributed by atoms with E-state index in [2.05, 4.69) is 65.7 Å². The van der Waals surface area contributed by atoms with E-state index in [-0.39, 0.29) is 5.91 Å². The predicted molar refractivity (Wildman–Crippen MR) is 158 cm³/mol. The summed E-state index contributed by atoms with van der Waals surface area (Å²) in [7, 11) is 0. The normalized spacial score (nSPS) is 16.3. The summed E-state index contributed by atoms with van der Waals surface area (Å²) in [5, 5.41) is 5.47. The van der Waals surface area contributed by atoms with Crippen LogP contribution in [0.1, 0.15) is 42.1 Å². The maximum atomic E-state index is 11.9. The van der Waals surface area contributed by atoms with Crippen molar-refractivity contribution in [3.63, 3.8) is 0 Å². The molecule has 6 nitrogen and oxygen atoms in total. The Hall–Kier alpha value is -3.48. The van der Waals surface area contributed by atoms with Crippen molar-refractivity contribution in [2.45, 2.75) is 52.2 Å². The molecule has 0 spiro atoms. The van der Waals surface area contributed by atoms with Crippen molar-refractivity contribution in [3.8, 4) is 11.1 Å². The second kappa shape index (κ2) is 10.9. The van der Waals surface area contributed by atoms with Crippen LogP contribution in [-0.4, -0.2) is 51.4 Å². The quantitative estimate of drug-likeness (QED) is 0.325. The number of likely N-dealkylation sites (tertiary alicyclic amines) is 1. The lowest BCUT2D eigenvalue weighted by molar-refractivity contribution is -0.129. The molecule has 1 N–H and O–H groups in total. The van der Waals surface area contributed by atoms with Gasteiger partial charge in [0.15, 0.2) is 0 Å². The summed E-state index contributed by atoms with van der Waals surface area (Å²) in [6, 6.07) is 21.4. The maximum Gasteiger partial charge on any atom is 0.223 e. The fraction of sp³-hybridized carbons (Fsp3) is 0.344. The Bertz CT molecular complexity index is 1510. The molecular formula is C32H34ClN5O. The van der Waals surface area contributed by atoms with Gasteiger partial charge in [-0.15, -0.1) is 0 Å². The lowest BCUT2D eigenvalue weighted by Crippen LogP contribution is -2.39. The van der Waals surface area contributed by atoms with Gasteiger partial charge in [-0.3, -0.25) is 9.69 Å². The van der Waals surface area contributed by atoms with Crippen LogP contribution in [0.2, 0.25) is 5.02 Å². The van der Waals surface area contributed by atoms with E-state index < -0.39 is 0 Å². The van der Waals surface area contributed by atoms with Gasteiger partial charge in [0.05, 0.1) is 11.2 Å². The van der Waals surface area contributed by atoms with E-state index in [1.54, 1.807) is 6.92 Å². The summed E-state index contributed by atoms with van der Waals surface area (Å²) < 4.78 is 0. The van der Waals surface area contributed by atoms with Gasteiger partial charge in [-0.25, -0.2) is 9.97 Å². The number of halogens is 1. The second-order valence-corrected chi connectivity index (χ2v) is 11.3. The minimum Gasteiger partial charge on any atom is -0.351 e. The summed E-state index contributed by atoms with van der Waals surface area (Å²) >= 11 is 6.03. The molecule has 3 heterocycles. The number of hydrogen-bond acceptors (Lipinski definition) is 5. The van der Waals surface area contributed by atoms with Crippen molar-refractivity contribution < 1.29 is 4.79 Å². The molecule has 1 aromatic heterocycles. The van der Waals surface area contributed by atoms with Crippen molar-refractivity contribution in [2.75, 3.05) is 25.0 Å². The van der Waals surface area contributed by atoms with Crippen LogP contribution >= 0.6 is 11.6 Å². The Balaban J connectivity index is 1.15. The standard InChI is InChI=1S/C32H34ClN5O/c1-21-30-18-24(28-5-3-4-25-20-38(22(2)39)17-14-29(25)28)8-11-31(30)36-32(34-21)35-27-12-15-37(16-13-27)19-23-6-9-26(33)10-7-23/h3-11,18,27H,12-17,19-20H2,1-2H3,(H,34,35,36). The molecule has 3 aromatic carbocycles. The summed E-state index contributed by atoms with van der Waals surface area (Å²) in [5.74, 6) is 0.850. The highest BCUT2D eigenvalue weighted by Gasteiger charge is 2.22. The van der Waals surface area contributed by atoms with Gasteiger partial charge in [0.2, 0.25) is 11.9 Å². The molecule has 4 aromatic rings. The van der Waals surface area contributed by atoms with Crippen molar-refractivity contribution in [1.29, 1.82) is 0 Å². The molecule has 0 bridgehead atoms. The third-order valence-corrected chi connectivity index (χ3v) is 8.40. The Morgan fingerprint density at radius 1 is 1.03 bits per heavy atom. The third kappa shape index (κ3) is 5.63. The van der Waals surface area contributed by atoms with Crippen LogP contribution in [0.5, 0.6) is 0 Å². The number of piperidine rings is 1. The molecule has 7 heteroatoms. The Labute approximate surface area is 235 Å². The first-order chi connectivity index (χ1) is 18.9. The maximum absolute atomic E-state index is 11.9. The molecule has 0 saturated carbocycles. The Morgan fingerprint density at radius 2 is 1.82 bits per heavy atom. The second-order valence-electron chi connectivity index (χ2n) is 10.8. The summed E-state index contributed by atoms with van der Waals surface area (Å²) in [4.78, 5) is 26.0. The van der Waals surface area contributed by atoms with Gasteiger partial charge >= 0.3 is 0 Å². The first kappa shape index (κ1) is 25.8. The SMILES string of the molecule is CC(=O)N1CCc2c(cccc2-c2ccc3nc(NC4CCN(Cc5ccc(Cl)cc5)CC4)nc(C)c3c2)C1. The smallest absolute Gasteiger partial charge is 0.223 e. The zero-order valence-corrected chi connectivity index (χ0v) is 23.3. The van der Waals surface area contributed by atoms with E-state index in [1.807, 2.05) is 17.0 Å². The predicted octanol–water partition coefficient (Wildman–Crippen LogP) is 6.24. The largest absolute Gasteiger partial charge is 0.351 e. The minimum atomic E-state index is 0.137. The average molecular weight is 540 g/mol. The monoisotopic (exact) mass is 539 g/mol. The van der Waals surface area contributed by atoms with E-state index >= 15 is 0 Å². The van der Waals surface area contributed by atoms with Crippen molar-refractivity contribution >= 4 is 34.4 Å². The van der Waals surface area contributed by atoms with Crippen LogP contribution in [0.4, 0.5) is 5.95 Å². The number of hydrogen-bond donors (Lipinski definition) is 1. The number of aryl methyl sites for hydroxylation is 1. The van der Waals surface area contributed by atoms with Crippen LogP contribution in [-0.2, 0) is 24.3 Å². The topological polar surface area (TPSA) is 61.4 Å². The van der Waals surface area contributed by atoms with E-state index in [0.717, 1.165) is 67.1 Å². The molecule has 2 aliphatic rings. The van der Waals surface area contributed by atoms with Gasteiger partial charge in [0, 0.05) is 56.1 Å². The van der Waals surface area contributed by atoms with Gasteiger partial charge < -0.3 is 10.2 Å². The van der Waals surface area contributed by atoms with E-state index in [1.165, 1.54) is 27.8 Å². The fourth-order valence-electron chi connectivity index (χ4n) is 5.93. The van der Waals surface area contributed by atoms with Gasteiger partial charge in [-0.2, -0.15) is 0 Å². The highest BCUT2D eigenvalue weighted by molar-refractivity contribution is 6.30. The molecular weight excluding hydrogens is 506 g/mol. The molecule has 1 amide bonds. The van der Waals surface area contributed by atoms with E-state index in [9.17, 15) is 4.79 Å². The average Bonchev–Trinajstić information content (AvgIpc) is 2.94. The number of carbonyl (C=O) groups is 1. The molecule has 39 heavy (non-hydrogen) atoms. The molecule has 2 aliphatic heterocycles. The van der Waals surface area contributed by atoms with E-state index in [4.69, 9.17) is 21.6 Å². The first-order valence-electron chi connectivity index (χ1n) is 13.8. The summed E-state index contributed by atoms with van der Waals surface area (Å²) in [6.45, 7) is 8.21. The van der Waals surface area contributed by atoms with Crippen LogP contribution < -0.4 is 5.32 Å². The fourth-order valence-corrected chi connectivity index (χ4v) is 6.05. The van der Waals surface area contributed by atoms with Gasteiger partial charge in [-0.1, -0.05) is 48.0 Å². The van der Waals surface area contributed by atoms with Crippen molar-refractivity contribution in [3.05, 3.63) is 88.1 Å². The van der Waals surface area contributed by atoms with Crippen LogP contribution in [0.3, 0.4) is 0 Å². The number of amides is 1. The molecule has 6 rings (SSSR count). The molecule has 200 valence electrons. The Kier molecular flexibility index (Phi) is 7.24. The zero-order valence-electron chi connectivity index (χ0n) is 22.6. The number of nitrogens with zero attached hydrogens (tertiary/aromatic N) is 4. The molecule has 1 fully saturated rings. The number of carbonyl (C=O) groups excluding carboxylic acids is 1. The number of nitrogens with one attached hydrogen (secondary N) is 1. The minimum absolute atomic E-state index is 0.137. The van der Waals surface area contributed by atoms with Gasteiger partial charge in [-0.05, 0) is 78.3 Å². The van der Waals surface area contributed by atoms with Gasteiger partial charge in [0.1, 0.15) is 0 Å². The highest BCUT2D eigenvalue weighted by atomic mass is 35.5. The van der Waals surface area contributed by atoms with E-state index in [0.29, 0.717) is 18.5 Å². The zero-order chi connectivity index (χ0) is 26.9. The van der Waals surface area contributed by atoms with Crippen LogP contribution in [0.25, 0.3) is 22.0 Å². The molecule has 0 aliphatic carbocycles. The number of fused-ring (bicyclic) bond motifs is 2. The number of rotatable bonds is 5. The lowest BCUT2D eigenvalue weighted by Gasteiger charge is -2.32. The van der Waals surface area contributed by atoms with Gasteiger partial charge in [0.25, 0.3) is 0 Å².